The molecule has 1 fully saturated rings. The molecule has 1 aliphatic rings. The van der Waals surface area contributed by atoms with E-state index in [1.54, 1.807) is 0 Å². The number of primary sulfonamides is 1. The second-order valence-corrected chi connectivity index (χ2v) is 6.56. The summed E-state index contributed by atoms with van der Waals surface area (Å²) in [7, 11) is -3.30. The van der Waals surface area contributed by atoms with Gasteiger partial charge < -0.3 is 5.32 Å². The lowest BCUT2D eigenvalue weighted by Crippen LogP contribution is -2.33. The van der Waals surface area contributed by atoms with Gasteiger partial charge in [0, 0.05) is 17.8 Å². The summed E-state index contributed by atoms with van der Waals surface area (Å²) in [6, 6.07) is 0.481. The van der Waals surface area contributed by atoms with Gasteiger partial charge in [-0.05, 0) is 25.5 Å². The second-order valence-electron chi connectivity index (χ2n) is 3.69. The predicted molar refractivity (Wildman–Crippen MR) is 60.9 cm³/mol. The highest BCUT2D eigenvalue weighted by atomic mass is 32.2. The van der Waals surface area contributed by atoms with Gasteiger partial charge in [-0.15, -0.1) is 0 Å². The highest BCUT2D eigenvalue weighted by Crippen LogP contribution is 2.27. The van der Waals surface area contributed by atoms with Crippen molar-refractivity contribution in [2.45, 2.75) is 30.6 Å². The van der Waals surface area contributed by atoms with Crippen molar-refractivity contribution in [1.29, 1.82) is 0 Å². The van der Waals surface area contributed by atoms with Gasteiger partial charge in [-0.1, -0.05) is 0 Å². The van der Waals surface area contributed by atoms with E-state index < -0.39 is 10.0 Å². The summed E-state index contributed by atoms with van der Waals surface area (Å²) in [5.74, 6) is 0.0352. The van der Waals surface area contributed by atoms with Crippen molar-refractivity contribution < 1.29 is 8.42 Å². The summed E-state index contributed by atoms with van der Waals surface area (Å²) in [5.41, 5.74) is 0. The average Bonchev–Trinajstić information content (AvgIpc) is 2.50. The Hall–Kier alpha value is 0.220. The molecule has 0 aromatic heterocycles. The number of thioether (sulfide) groups is 1. The third-order valence-electron chi connectivity index (χ3n) is 2.54. The summed E-state index contributed by atoms with van der Waals surface area (Å²) in [6.45, 7) is 0.477. The number of rotatable bonds is 5. The van der Waals surface area contributed by atoms with Crippen molar-refractivity contribution in [2.75, 3.05) is 18.6 Å². The van der Waals surface area contributed by atoms with E-state index >= 15 is 0 Å². The van der Waals surface area contributed by atoms with Gasteiger partial charge in [-0.3, -0.25) is 0 Å². The second kappa shape index (κ2) is 5.34. The molecule has 0 aromatic rings. The summed E-state index contributed by atoms with van der Waals surface area (Å²) in [4.78, 5) is 0. The van der Waals surface area contributed by atoms with Gasteiger partial charge in [-0.25, -0.2) is 13.6 Å². The first-order chi connectivity index (χ1) is 6.51. The van der Waals surface area contributed by atoms with Crippen LogP contribution in [0.25, 0.3) is 0 Å². The Kier molecular flexibility index (Phi) is 4.69. The zero-order valence-electron chi connectivity index (χ0n) is 8.40. The van der Waals surface area contributed by atoms with Gasteiger partial charge in [0.25, 0.3) is 0 Å². The highest BCUT2D eigenvalue weighted by molar-refractivity contribution is 7.99. The normalized spacial score (nSPS) is 28.1. The topological polar surface area (TPSA) is 72.2 Å². The fourth-order valence-electron chi connectivity index (χ4n) is 1.74. The zero-order valence-corrected chi connectivity index (χ0v) is 10.0. The molecule has 0 spiro atoms. The van der Waals surface area contributed by atoms with Crippen molar-refractivity contribution >= 4 is 21.8 Å². The van der Waals surface area contributed by atoms with Gasteiger partial charge in [-0.2, -0.15) is 11.8 Å². The lowest BCUT2D eigenvalue weighted by Gasteiger charge is -2.11. The van der Waals surface area contributed by atoms with Crippen LogP contribution in [0.2, 0.25) is 0 Å². The van der Waals surface area contributed by atoms with Crippen LogP contribution in [0, 0.1) is 0 Å². The molecule has 0 saturated heterocycles. The summed E-state index contributed by atoms with van der Waals surface area (Å²) < 4.78 is 21.3. The maximum absolute atomic E-state index is 10.7. The standard InChI is InChI=1S/C8H18N2O2S2/c1-13-8-3-2-7(6-8)10-4-5-14(9,11)12/h7-8,10H,2-6H2,1H3,(H2,9,11,12). The number of nitrogens with one attached hydrogen (secondary N) is 1. The van der Waals surface area contributed by atoms with E-state index in [-0.39, 0.29) is 5.75 Å². The fraction of sp³-hybridized carbons (Fsp3) is 1.00. The lowest BCUT2D eigenvalue weighted by molar-refractivity contribution is 0.537. The smallest absolute Gasteiger partial charge is 0.210 e. The van der Waals surface area contributed by atoms with Crippen LogP contribution >= 0.6 is 11.8 Å². The Morgan fingerprint density at radius 3 is 2.71 bits per heavy atom. The highest BCUT2D eigenvalue weighted by Gasteiger charge is 2.23. The van der Waals surface area contributed by atoms with Crippen LogP contribution in [0.1, 0.15) is 19.3 Å². The van der Waals surface area contributed by atoms with Gasteiger partial charge in [0.2, 0.25) is 10.0 Å². The molecule has 0 aliphatic heterocycles. The number of sulfonamides is 1. The van der Waals surface area contributed by atoms with Gasteiger partial charge in [0.1, 0.15) is 0 Å². The third-order valence-corrected chi connectivity index (χ3v) is 4.41. The average molecular weight is 238 g/mol. The minimum Gasteiger partial charge on any atom is -0.313 e. The van der Waals surface area contributed by atoms with Gasteiger partial charge in [0.15, 0.2) is 0 Å². The van der Waals surface area contributed by atoms with Crippen LogP contribution in [0.5, 0.6) is 0 Å². The molecule has 4 nitrogen and oxygen atoms in total. The monoisotopic (exact) mass is 238 g/mol. The van der Waals surface area contributed by atoms with Crippen molar-refractivity contribution in [1.82, 2.24) is 5.32 Å². The molecular weight excluding hydrogens is 220 g/mol. The maximum atomic E-state index is 10.7. The molecule has 0 aromatic carbocycles. The fourth-order valence-corrected chi connectivity index (χ4v) is 2.94. The molecule has 0 bridgehead atoms. The lowest BCUT2D eigenvalue weighted by atomic mass is 10.2. The Bertz CT molecular complexity index is 267. The van der Waals surface area contributed by atoms with Crippen molar-refractivity contribution in [3.8, 4) is 0 Å². The molecule has 1 rings (SSSR count). The molecule has 3 N–H and O–H groups in total. The Balaban J connectivity index is 2.15. The van der Waals surface area contributed by atoms with E-state index in [2.05, 4.69) is 11.6 Å². The van der Waals surface area contributed by atoms with E-state index in [0.29, 0.717) is 12.6 Å². The molecular formula is C8H18N2O2S2. The molecule has 1 saturated carbocycles. The molecule has 1 aliphatic carbocycles. The predicted octanol–water partition coefficient (Wildman–Crippen LogP) is 0.149. The van der Waals surface area contributed by atoms with E-state index in [1.165, 1.54) is 6.42 Å². The minimum absolute atomic E-state index is 0.0352. The van der Waals surface area contributed by atoms with Crippen LogP contribution in [-0.2, 0) is 10.0 Å². The van der Waals surface area contributed by atoms with Gasteiger partial charge in [0.05, 0.1) is 5.75 Å². The molecule has 6 heteroatoms. The first-order valence-electron chi connectivity index (χ1n) is 4.78. The zero-order chi connectivity index (χ0) is 10.6. The molecule has 0 radical (unpaired) electrons. The SMILES string of the molecule is CSC1CCC(NCCS(N)(=O)=O)C1. The largest absolute Gasteiger partial charge is 0.313 e. The van der Waals surface area contributed by atoms with Crippen LogP contribution in [0.4, 0.5) is 0 Å². The maximum Gasteiger partial charge on any atom is 0.210 e. The summed E-state index contributed by atoms with van der Waals surface area (Å²) >= 11 is 1.89. The number of hydrogen-bond acceptors (Lipinski definition) is 4. The van der Waals surface area contributed by atoms with Crippen LogP contribution < -0.4 is 10.5 Å². The molecule has 0 amide bonds. The Labute approximate surface area is 90.1 Å². The van der Waals surface area contributed by atoms with E-state index in [1.807, 2.05) is 11.8 Å². The first-order valence-corrected chi connectivity index (χ1v) is 7.78. The summed E-state index contributed by atoms with van der Waals surface area (Å²) in [5, 5.41) is 8.87. The Morgan fingerprint density at radius 2 is 2.21 bits per heavy atom. The van der Waals surface area contributed by atoms with E-state index in [9.17, 15) is 8.42 Å². The molecule has 84 valence electrons. The van der Waals surface area contributed by atoms with E-state index in [4.69, 9.17) is 5.14 Å². The van der Waals surface area contributed by atoms with Gasteiger partial charge >= 0.3 is 0 Å². The molecule has 2 unspecified atom stereocenters. The Morgan fingerprint density at radius 1 is 1.50 bits per heavy atom. The molecule has 14 heavy (non-hydrogen) atoms. The minimum atomic E-state index is -3.30. The van der Waals surface area contributed by atoms with E-state index in [0.717, 1.165) is 18.1 Å². The van der Waals surface area contributed by atoms with Crippen LogP contribution in [-0.4, -0.2) is 38.3 Å². The van der Waals surface area contributed by atoms with Crippen molar-refractivity contribution in [2.24, 2.45) is 5.14 Å². The van der Waals surface area contributed by atoms with Crippen molar-refractivity contribution in [3.63, 3.8) is 0 Å². The van der Waals surface area contributed by atoms with Crippen molar-refractivity contribution in [3.05, 3.63) is 0 Å². The molecule has 0 heterocycles. The van der Waals surface area contributed by atoms with Crippen LogP contribution in [0.3, 0.4) is 0 Å². The quantitative estimate of drug-likeness (QED) is 0.715. The number of nitrogens with two attached hydrogens (primary N) is 1. The third kappa shape index (κ3) is 4.63. The first kappa shape index (κ1) is 12.3. The number of hydrogen-bond donors (Lipinski definition) is 2. The summed E-state index contributed by atoms with van der Waals surface area (Å²) in [6.07, 6.45) is 5.65. The molecule has 2 atom stereocenters. The van der Waals surface area contributed by atoms with Crippen LogP contribution in [0.15, 0.2) is 0 Å².